The Kier molecular flexibility index (Phi) is 5.49. The summed E-state index contributed by atoms with van der Waals surface area (Å²) in [4.78, 5) is 29.9. The van der Waals surface area contributed by atoms with Gasteiger partial charge in [0.05, 0.1) is 0 Å². The van der Waals surface area contributed by atoms with Crippen molar-refractivity contribution >= 4 is 28.0 Å². The number of hydrogen-bond acceptors (Lipinski definition) is 5. The normalized spacial score (nSPS) is 27.5. The Morgan fingerprint density at radius 1 is 1.41 bits per heavy atom. The molecule has 1 amide bonds. The zero-order chi connectivity index (χ0) is 19.8. The lowest BCUT2D eigenvalue weighted by Crippen LogP contribution is -2.42. The van der Waals surface area contributed by atoms with Crippen LogP contribution in [0.15, 0.2) is 22.9 Å². The molecule has 3 atom stereocenters. The van der Waals surface area contributed by atoms with Crippen molar-refractivity contribution in [2.75, 3.05) is 13.2 Å². The summed E-state index contributed by atoms with van der Waals surface area (Å²) in [7, 11) is 0. The van der Waals surface area contributed by atoms with E-state index in [1.165, 1.54) is 0 Å². The van der Waals surface area contributed by atoms with E-state index in [1.807, 2.05) is 32.9 Å². The van der Waals surface area contributed by atoms with Crippen molar-refractivity contribution in [1.29, 1.82) is 0 Å². The van der Waals surface area contributed by atoms with E-state index < -0.39 is 17.2 Å². The van der Waals surface area contributed by atoms with Crippen LogP contribution >= 0.6 is 15.9 Å². The van der Waals surface area contributed by atoms with E-state index in [0.29, 0.717) is 17.6 Å². The standard InChI is InChI=1S/C19H25BrN2O5/c1-18(2,3)27-17(25)22-10-13-8-14(22)6-7-19(13,26-11-16(23)24)12-4-5-15(20)21-9-12/h4-5,9,13-14H,6-8,10-11H2,1-3H3,(H,23,24). The molecule has 27 heavy (non-hydrogen) atoms. The average molecular weight is 441 g/mol. The minimum Gasteiger partial charge on any atom is -0.480 e. The number of aromatic nitrogens is 1. The van der Waals surface area contributed by atoms with Crippen molar-refractivity contribution in [2.24, 2.45) is 5.92 Å². The van der Waals surface area contributed by atoms with Crippen LogP contribution in [0.25, 0.3) is 0 Å². The topological polar surface area (TPSA) is 89.0 Å². The van der Waals surface area contributed by atoms with Crippen LogP contribution in [0.5, 0.6) is 0 Å². The Morgan fingerprint density at radius 2 is 2.15 bits per heavy atom. The summed E-state index contributed by atoms with van der Waals surface area (Å²) in [5.74, 6) is -1.02. The van der Waals surface area contributed by atoms with E-state index in [-0.39, 0.29) is 24.7 Å². The number of nitrogens with zero attached hydrogens (tertiary/aromatic N) is 2. The maximum atomic E-state index is 12.6. The molecule has 1 saturated heterocycles. The van der Waals surface area contributed by atoms with Gasteiger partial charge in [0.15, 0.2) is 0 Å². The van der Waals surface area contributed by atoms with Crippen LogP contribution in [-0.2, 0) is 19.9 Å². The molecule has 1 aliphatic carbocycles. The molecule has 8 heteroatoms. The molecule has 3 rings (SSSR count). The van der Waals surface area contributed by atoms with Crippen LogP contribution < -0.4 is 0 Å². The highest BCUT2D eigenvalue weighted by Gasteiger charge is 2.54. The highest BCUT2D eigenvalue weighted by atomic mass is 79.9. The van der Waals surface area contributed by atoms with Crippen molar-refractivity contribution in [3.8, 4) is 0 Å². The van der Waals surface area contributed by atoms with Gasteiger partial charge in [-0.2, -0.15) is 0 Å². The molecule has 1 aromatic rings. The van der Waals surface area contributed by atoms with Gasteiger partial charge in [0, 0.05) is 30.3 Å². The van der Waals surface area contributed by atoms with Crippen LogP contribution in [0.2, 0.25) is 0 Å². The summed E-state index contributed by atoms with van der Waals surface area (Å²) in [6, 6.07) is 3.83. The lowest BCUT2D eigenvalue weighted by molar-refractivity contribution is -0.158. The minimum atomic E-state index is -1.01. The summed E-state index contributed by atoms with van der Waals surface area (Å²) in [6.07, 6.45) is 3.53. The molecule has 148 valence electrons. The van der Waals surface area contributed by atoms with Gasteiger partial charge in [0.25, 0.3) is 0 Å². The third-order valence-corrected chi connectivity index (χ3v) is 5.69. The average Bonchev–Trinajstić information content (AvgIpc) is 2.93. The molecule has 1 N–H and O–H groups in total. The second kappa shape index (κ2) is 7.39. The second-order valence-electron chi connectivity index (χ2n) is 8.20. The summed E-state index contributed by atoms with van der Waals surface area (Å²) >= 11 is 3.33. The van der Waals surface area contributed by atoms with Gasteiger partial charge < -0.3 is 19.5 Å². The van der Waals surface area contributed by atoms with Gasteiger partial charge in [-0.15, -0.1) is 0 Å². The number of pyridine rings is 1. The first-order valence-corrected chi connectivity index (χ1v) is 9.87. The van der Waals surface area contributed by atoms with Crippen LogP contribution in [0.1, 0.15) is 45.6 Å². The third kappa shape index (κ3) is 4.27. The van der Waals surface area contributed by atoms with E-state index >= 15 is 0 Å². The van der Waals surface area contributed by atoms with Gasteiger partial charge in [-0.1, -0.05) is 6.07 Å². The molecule has 0 aromatic carbocycles. The molecule has 1 aliphatic heterocycles. The van der Waals surface area contributed by atoms with Gasteiger partial charge in [-0.05, 0) is 62.0 Å². The van der Waals surface area contributed by atoms with Gasteiger partial charge in [-0.25, -0.2) is 14.6 Å². The van der Waals surface area contributed by atoms with Crippen molar-refractivity contribution in [2.45, 2.75) is 57.3 Å². The maximum absolute atomic E-state index is 12.6. The molecule has 0 radical (unpaired) electrons. The number of carbonyl (C=O) groups is 2. The fraction of sp³-hybridized carbons (Fsp3) is 0.632. The number of halogens is 1. The smallest absolute Gasteiger partial charge is 0.410 e. The van der Waals surface area contributed by atoms with Crippen LogP contribution in [0.3, 0.4) is 0 Å². The summed E-state index contributed by atoms with van der Waals surface area (Å²) in [5, 5.41) is 9.15. The van der Waals surface area contributed by atoms with Gasteiger partial charge in [0.1, 0.15) is 22.4 Å². The molecular formula is C19H25BrN2O5. The summed E-state index contributed by atoms with van der Waals surface area (Å²) in [5.41, 5.74) is -0.471. The number of fused-ring (bicyclic) bond motifs is 2. The van der Waals surface area contributed by atoms with Crippen LogP contribution in [0.4, 0.5) is 4.79 Å². The number of amides is 1. The Hall–Kier alpha value is -1.67. The number of carboxylic acids is 1. The number of aliphatic carboxylic acids is 1. The molecule has 0 spiro atoms. The number of likely N-dealkylation sites (tertiary alicyclic amines) is 1. The molecule has 1 saturated carbocycles. The van der Waals surface area contributed by atoms with E-state index in [0.717, 1.165) is 18.4 Å². The van der Waals surface area contributed by atoms with Gasteiger partial charge >= 0.3 is 12.1 Å². The first-order chi connectivity index (χ1) is 12.6. The molecule has 2 heterocycles. The van der Waals surface area contributed by atoms with Crippen LogP contribution in [-0.4, -0.2) is 51.8 Å². The third-order valence-electron chi connectivity index (χ3n) is 5.22. The highest BCUT2D eigenvalue weighted by Crippen LogP contribution is 2.50. The van der Waals surface area contributed by atoms with E-state index in [2.05, 4.69) is 20.9 Å². The van der Waals surface area contributed by atoms with Crippen molar-refractivity contribution in [3.05, 3.63) is 28.5 Å². The second-order valence-corrected chi connectivity index (χ2v) is 9.01. The summed E-state index contributed by atoms with van der Waals surface area (Å²) < 4.78 is 12.2. The summed E-state index contributed by atoms with van der Waals surface area (Å²) in [6.45, 7) is 5.64. The molecule has 2 bridgehead atoms. The van der Waals surface area contributed by atoms with Crippen LogP contribution in [0, 0.1) is 5.92 Å². The predicted molar refractivity (Wildman–Crippen MR) is 101 cm³/mol. The van der Waals surface area contributed by atoms with Crippen molar-refractivity contribution in [3.63, 3.8) is 0 Å². The Morgan fingerprint density at radius 3 is 2.74 bits per heavy atom. The molecular weight excluding hydrogens is 416 g/mol. The number of ether oxygens (including phenoxy) is 2. The maximum Gasteiger partial charge on any atom is 0.410 e. The van der Waals surface area contributed by atoms with E-state index in [1.54, 1.807) is 11.1 Å². The zero-order valence-corrected chi connectivity index (χ0v) is 17.4. The molecule has 2 aliphatic rings. The fourth-order valence-corrected chi connectivity index (χ4v) is 4.36. The fourth-order valence-electron chi connectivity index (χ4n) is 4.13. The number of rotatable bonds is 4. The van der Waals surface area contributed by atoms with Crippen molar-refractivity contribution < 1.29 is 24.2 Å². The quantitative estimate of drug-likeness (QED) is 0.719. The van der Waals surface area contributed by atoms with E-state index in [9.17, 15) is 9.59 Å². The highest BCUT2D eigenvalue weighted by molar-refractivity contribution is 9.10. The largest absolute Gasteiger partial charge is 0.480 e. The number of hydrogen-bond donors (Lipinski definition) is 1. The van der Waals surface area contributed by atoms with Gasteiger partial charge in [0.2, 0.25) is 0 Å². The molecule has 1 aromatic heterocycles. The Labute approximate surface area is 167 Å². The predicted octanol–water partition coefficient (Wildman–Crippen LogP) is 3.56. The first-order valence-electron chi connectivity index (χ1n) is 9.08. The first kappa shape index (κ1) is 20.1. The Bertz CT molecular complexity index is 718. The SMILES string of the molecule is CC(C)(C)OC(=O)N1CC2CC1CCC2(OCC(=O)O)c1ccc(Br)nc1. The lowest BCUT2D eigenvalue weighted by atomic mass is 9.72. The molecule has 3 unspecified atom stereocenters. The monoisotopic (exact) mass is 440 g/mol. The molecule has 7 nitrogen and oxygen atoms in total. The van der Waals surface area contributed by atoms with E-state index in [4.69, 9.17) is 14.6 Å². The van der Waals surface area contributed by atoms with Gasteiger partial charge in [-0.3, -0.25) is 0 Å². The lowest BCUT2D eigenvalue weighted by Gasteiger charge is -2.41. The number of carbonyl (C=O) groups excluding carboxylic acids is 1. The zero-order valence-electron chi connectivity index (χ0n) is 15.8. The van der Waals surface area contributed by atoms with Crippen molar-refractivity contribution in [1.82, 2.24) is 9.88 Å². The molecule has 2 fully saturated rings. The number of carboxylic acid groups (broad SMARTS) is 1. The Balaban J connectivity index is 1.87. The minimum absolute atomic E-state index is 0.00825.